The summed E-state index contributed by atoms with van der Waals surface area (Å²) in [6, 6.07) is 12.3. The lowest BCUT2D eigenvalue weighted by Crippen LogP contribution is -2.29. The summed E-state index contributed by atoms with van der Waals surface area (Å²) in [5.41, 5.74) is 4.00. The van der Waals surface area contributed by atoms with Crippen LogP contribution in [0.1, 0.15) is 69.4 Å². The molecule has 2 aromatic heterocycles. The number of nitrogens with zero attached hydrogens (tertiary/aromatic N) is 3. The summed E-state index contributed by atoms with van der Waals surface area (Å²) in [4.78, 5) is 29.3. The van der Waals surface area contributed by atoms with Crippen molar-refractivity contribution < 1.29 is 14.3 Å². The summed E-state index contributed by atoms with van der Waals surface area (Å²) in [6.07, 6.45) is 0.740. The minimum absolute atomic E-state index is 0.159. The van der Waals surface area contributed by atoms with Crippen molar-refractivity contribution >= 4 is 28.2 Å². The second kappa shape index (κ2) is 9.89. The molecule has 1 N–H and O–H groups in total. The van der Waals surface area contributed by atoms with Crippen molar-refractivity contribution in [3.05, 3.63) is 69.4 Å². The number of hydrogen-bond donors (Lipinski definition) is 1. The molecular weight excluding hydrogens is 436 g/mol. The van der Waals surface area contributed by atoms with Crippen molar-refractivity contribution in [3.63, 3.8) is 0 Å². The summed E-state index contributed by atoms with van der Waals surface area (Å²) < 4.78 is 7.16. The van der Waals surface area contributed by atoms with Gasteiger partial charge in [-0.15, -0.1) is 11.3 Å². The largest absolute Gasteiger partial charge is 0.462 e. The van der Waals surface area contributed by atoms with Gasteiger partial charge in [-0.1, -0.05) is 30.3 Å². The molecule has 1 aliphatic heterocycles. The number of carbonyl (C=O) groups is 2. The number of esters is 1. The fourth-order valence-corrected chi connectivity index (χ4v) is 5.50. The topological polar surface area (TPSA) is 76.5 Å². The Kier molecular flexibility index (Phi) is 6.95. The van der Waals surface area contributed by atoms with E-state index in [1.807, 2.05) is 43.7 Å². The van der Waals surface area contributed by atoms with Crippen LogP contribution in [0.25, 0.3) is 0 Å². The maximum absolute atomic E-state index is 13.0. The molecule has 3 heterocycles. The number of hydrogen-bond acceptors (Lipinski definition) is 6. The fraction of sp³-hybridized carbons (Fsp3) is 0.400. The molecule has 174 valence electrons. The number of thiophene rings is 1. The van der Waals surface area contributed by atoms with E-state index < -0.39 is 0 Å². The van der Waals surface area contributed by atoms with Crippen LogP contribution in [-0.2, 0) is 24.2 Å². The zero-order valence-corrected chi connectivity index (χ0v) is 20.4. The Bertz CT molecular complexity index is 1150. The fourth-order valence-electron chi connectivity index (χ4n) is 4.23. The molecule has 3 aromatic rings. The number of nitrogens with one attached hydrogen (secondary N) is 1. The molecule has 0 saturated carbocycles. The van der Waals surface area contributed by atoms with Gasteiger partial charge in [-0.25, -0.2) is 4.79 Å². The highest BCUT2D eigenvalue weighted by Gasteiger charge is 2.30. The van der Waals surface area contributed by atoms with Gasteiger partial charge in [-0.05, 0) is 51.3 Å². The first-order valence-corrected chi connectivity index (χ1v) is 12.1. The maximum atomic E-state index is 13.0. The Balaban J connectivity index is 1.59. The Hall–Kier alpha value is -2.97. The van der Waals surface area contributed by atoms with Crippen molar-refractivity contribution in [2.45, 2.75) is 53.2 Å². The van der Waals surface area contributed by atoms with E-state index >= 15 is 0 Å². The summed E-state index contributed by atoms with van der Waals surface area (Å²) in [6.45, 7) is 10.5. The normalized spacial score (nSPS) is 13.7. The van der Waals surface area contributed by atoms with Gasteiger partial charge < -0.3 is 10.1 Å². The lowest BCUT2D eigenvalue weighted by Gasteiger charge is -2.27. The number of rotatable bonds is 7. The number of carbonyl (C=O) groups excluding carboxylic acids is 2. The number of aryl methyl sites for hydroxylation is 1. The van der Waals surface area contributed by atoms with Crippen molar-refractivity contribution in [1.29, 1.82) is 0 Å². The second-order valence-electron chi connectivity index (χ2n) is 8.54. The van der Waals surface area contributed by atoms with Gasteiger partial charge in [0.05, 0.1) is 12.2 Å². The number of anilines is 1. The van der Waals surface area contributed by atoms with Crippen LogP contribution in [0.5, 0.6) is 0 Å². The first-order chi connectivity index (χ1) is 15.9. The Morgan fingerprint density at radius 1 is 1.24 bits per heavy atom. The summed E-state index contributed by atoms with van der Waals surface area (Å²) in [7, 11) is 0. The minimum Gasteiger partial charge on any atom is -0.462 e. The molecule has 0 unspecified atom stereocenters. The summed E-state index contributed by atoms with van der Waals surface area (Å²) >= 11 is 1.46. The Morgan fingerprint density at radius 2 is 2.00 bits per heavy atom. The third kappa shape index (κ3) is 5.02. The van der Waals surface area contributed by atoms with Crippen molar-refractivity contribution in [2.24, 2.45) is 0 Å². The van der Waals surface area contributed by atoms with Crippen LogP contribution in [0.4, 0.5) is 5.00 Å². The zero-order chi connectivity index (χ0) is 23.5. The van der Waals surface area contributed by atoms with E-state index in [4.69, 9.17) is 4.74 Å². The van der Waals surface area contributed by atoms with Gasteiger partial charge in [-0.3, -0.25) is 14.4 Å². The van der Waals surface area contributed by atoms with Crippen molar-refractivity contribution in [3.8, 4) is 0 Å². The van der Waals surface area contributed by atoms with Crippen LogP contribution in [0.3, 0.4) is 0 Å². The van der Waals surface area contributed by atoms with Gasteiger partial charge in [-0.2, -0.15) is 5.10 Å². The van der Waals surface area contributed by atoms with Crippen LogP contribution < -0.4 is 5.32 Å². The van der Waals surface area contributed by atoms with Gasteiger partial charge in [0, 0.05) is 36.2 Å². The van der Waals surface area contributed by atoms with Gasteiger partial charge in [0.25, 0.3) is 5.91 Å². The third-order valence-electron chi connectivity index (χ3n) is 5.74. The highest BCUT2D eigenvalue weighted by atomic mass is 32.1. The molecule has 0 fully saturated rings. The maximum Gasteiger partial charge on any atom is 0.341 e. The predicted octanol–water partition coefficient (Wildman–Crippen LogP) is 4.82. The lowest BCUT2D eigenvalue weighted by molar-refractivity contribution is 0.0526. The monoisotopic (exact) mass is 466 g/mol. The van der Waals surface area contributed by atoms with Crippen LogP contribution in [0, 0.1) is 6.92 Å². The summed E-state index contributed by atoms with van der Waals surface area (Å²) in [5, 5.41) is 7.94. The molecule has 0 spiro atoms. The number of amides is 1. The third-order valence-corrected chi connectivity index (χ3v) is 6.87. The zero-order valence-electron chi connectivity index (χ0n) is 19.6. The number of fused-ring (bicyclic) bond motifs is 1. The lowest BCUT2D eigenvalue weighted by atomic mass is 10.0. The minimum atomic E-state index is -0.384. The van der Waals surface area contributed by atoms with Crippen LogP contribution in [0.15, 0.2) is 36.4 Å². The summed E-state index contributed by atoms with van der Waals surface area (Å²) in [5.74, 6) is -0.700. The van der Waals surface area contributed by atoms with Crippen LogP contribution >= 0.6 is 11.3 Å². The van der Waals surface area contributed by atoms with Crippen LogP contribution in [-0.4, -0.2) is 39.7 Å². The van der Waals surface area contributed by atoms with Crippen molar-refractivity contribution in [1.82, 2.24) is 14.7 Å². The number of ether oxygens (including phenoxy) is 1. The predicted molar refractivity (Wildman–Crippen MR) is 130 cm³/mol. The van der Waals surface area contributed by atoms with E-state index in [-0.39, 0.29) is 24.5 Å². The average molecular weight is 467 g/mol. The van der Waals surface area contributed by atoms with E-state index in [9.17, 15) is 9.59 Å². The molecule has 0 atom stereocenters. The number of aromatic nitrogens is 2. The molecule has 1 aliphatic rings. The molecule has 33 heavy (non-hydrogen) atoms. The highest BCUT2D eigenvalue weighted by molar-refractivity contribution is 7.17. The molecule has 0 bridgehead atoms. The smallest absolute Gasteiger partial charge is 0.341 e. The second-order valence-corrected chi connectivity index (χ2v) is 9.64. The van der Waals surface area contributed by atoms with Gasteiger partial charge in [0.1, 0.15) is 5.00 Å². The Labute approximate surface area is 198 Å². The van der Waals surface area contributed by atoms with E-state index in [1.54, 1.807) is 13.0 Å². The molecule has 1 aromatic carbocycles. The van der Waals surface area contributed by atoms with E-state index in [2.05, 4.69) is 27.4 Å². The molecule has 1 amide bonds. The quantitative estimate of drug-likeness (QED) is 0.505. The van der Waals surface area contributed by atoms with Crippen molar-refractivity contribution in [2.75, 3.05) is 18.5 Å². The van der Waals surface area contributed by atoms with E-state index in [1.165, 1.54) is 16.9 Å². The average Bonchev–Trinajstić information content (AvgIpc) is 3.34. The molecule has 4 rings (SSSR count). The Morgan fingerprint density at radius 3 is 2.67 bits per heavy atom. The van der Waals surface area contributed by atoms with Gasteiger partial charge in [0.2, 0.25) is 0 Å². The number of benzene rings is 1. The first-order valence-electron chi connectivity index (χ1n) is 11.3. The molecule has 7 nitrogen and oxygen atoms in total. The first kappa shape index (κ1) is 23.2. The highest BCUT2D eigenvalue weighted by Crippen LogP contribution is 2.38. The molecule has 0 saturated heterocycles. The van der Waals surface area contributed by atoms with Gasteiger partial charge in [0.15, 0.2) is 5.69 Å². The van der Waals surface area contributed by atoms with E-state index in [0.29, 0.717) is 16.3 Å². The standard InChI is InChI=1S/C25H30N4O3S/c1-5-32-25(31)22-19-11-12-28(14-18-9-7-6-8-10-18)15-21(19)33-24(22)26-23(30)20-13-17(4)29(27-20)16(2)3/h6-10,13,16H,5,11-12,14-15H2,1-4H3,(H,26,30). The molecule has 0 radical (unpaired) electrons. The SMILES string of the molecule is CCOC(=O)c1c(NC(=O)c2cc(C)n(C(C)C)n2)sc2c1CCN(Cc1ccccc1)C2. The van der Waals surface area contributed by atoms with Gasteiger partial charge >= 0.3 is 5.97 Å². The molecular formula is C25H30N4O3S. The molecule has 8 heteroatoms. The van der Waals surface area contributed by atoms with E-state index in [0.717, 1.165) is 42.2 Å². The van der Waals surface area contributed by atoms with Crippen LogP contribution in [0.2, 0.25) is 0 Å². The molecule has 0 aliphatic carbocycles.